The molecule has 8 nitrogen and oxygen atoms in total. The van der Waals surface area contributed by atoms with E-state index >= 15 is 0 Å². The number of aryl methyl sites for hydroxylation is 3. The van der Waals surface area contributed by atoms with Gasteiger partial charge in [-0.05, 0) is 37.1 Å². The van der Waals surface area contributed by atoms with Crippen LogP contribution in [0.25, 0.3) is 10.2 Å². The SMILES string of the molecule is COc1cccc(C(Nc2nc(CN3CCOCC3)nc3sc(C)c(C)c23)c2nccn2C)c1. The molecule has 1 aromatic carbocycles. The Morgan fingerprint density at radius 1 is 1.21 bits per heavy atom. The van der Waals surface area contributed by atoms with Gasteiger partial charge in [-0.25, -0.2) is 15.0 Å². The van der Waals surface area contributed by atoms with Crippen molar-refractivity contribution in [3.63, 3.8) is 0 Å². The number of methoxy groups -OCH3 is 1. The van der Waals surface area contributed by atoms with Gasteiger partial charge in [-0.15, -0.1) is 11.3 Å². The molecule has 0 aliphatic carbocycles. The van der Waals surface area contributed by atoms with Crippen LogP contribution < -0.4 is 10.1 Å². The molecule has 0 bridgehead atoms. The molecule has 0 spiro atoms. The van der Waals surface area contributed by atoms with E-state index < -0.39 is 0 Å². The molecule has 0 saturated carbocycles. The van der Waals surface area contributed by atoms with Gasteiger partial charge in [0, 0.05) is 37.4 Å². The average Bonchev–Trinajstić information content (AvgIpc) is 3.40. The van der Waals surface area contributed by atoms with E-state index in [2.05, 4.69) is 35.1 Å². The van der Waals surface area contributed by atoms with E-state index in [4.69, 9.17) is 19.4 Å². The van der Waals surface area contributed by atoms with Crippen LogP contribution in [0.4, 0.5) is 5.82 Å². The molecule has 1 unspecified atom stereocenters. The Bertz CT molecular complexity index is 1290. The molecule has 1 N–H and O–H groups in total. The zero-order chi connectivity index (χ0) is 23.7. The van der Waals surface area contributed by atoms with Gasteiger partial charge in [0.05, 0.1) is 32.3 Å². The van der Waals surface area contributed by atoms with Gasteiger partial charge >= 0.3 is 0 Å². The normalized spacial score (nSPS) is 15.5. The summed E-state index contributed by atoms with van der Waals surface area (Å²) in [6.45, 7) is 8.29. The summed E-state index contributed by atoms with van der Waals surface area (Å²) in [6, 6.07) is 7.89. The summed E-state index contributed by atoms with van der Waals surface area (Å²) in [5, 5.41) is 4.82. The number of anilines is 1. The van der Waals surface area contributed by atoms with Gasteiger partial charge < -0.3 is 19.4 Å². The lowest BCUT2D eigenvalue weighted by Gasteiger charge is -2.26. The van der Waals surface area contributed by atoms with Crippen LogP contribution in [0, 0.1) is 13.8 Å². The van der Waals surface area contributed by atoms with Crippen LogP contribution >= 0.6 is 11.3 Å². The lowest BCUT2D eigenvalue weighted by atomic mass is 10.1. The molecule has 1 aliphatic rings. The Balaban J connectivity index is 1.59. The number of hydrogen-bond acceptors (Lipinski definition) is 8. The second-order valence-electron chi connectivity index (χ2n) is 8.59. The molecule has 34 heavy (non-hydrogen) atoms. The maximum Gasteiger partial charge on any atom is 0.146 e. The molecule has 4 heterocycles. The van der Waals surface area contributed by atoms with Gasteiger partial charge in [0.25, 0.3) is 0 Å². The van der Waals surface area contributed by atoms with Gasteiger partial charge in [0.15, 0.2) is 0 Å². The molecule has 0 amide bonds. The first kappa shape index (κ1) is 22.8. The van der Waals surface area contributed by atoms with Crippen molar-refractivity contribution >= 4 is 27.4 Å². The number of thiophene rings is 1. The number of rotatable bonds is 7. The summed E-state index contributed by atoms with van der Waals surface area (Å²) in [5.41, 5.74) is 2.27. The largest absolute Gasteiger partial charge is 0.497 e. The fraction of sp³-hybridized carbons (Fsp3) is 0.400. The number of morpholine rings is 1. The fourth-order valence-corrected chi connectivity index (χ4v) is 5.39. The number of nitrogens with zero attached hydrogens (tertiary/aromatic N) is 5. The third-order valence-electron chi connectivity index (χ3n) is 6.37. The first-order chi connectivity index (χ1) is 16.5. The molecule has 1 aliphatic heterocycles. The lowest BCUT2D eigenvalue weighted by molar-refractivity contribution is 0.0331. The topological polar surface area (TPSA) is 77.3 Å². The summed E-state index contributed by atoms with van der Waals surface area (Å²) in [7, 11) is 3.70. The molecule has 9 heteroatoms. The molecule has 1 saturated heterocycles. The minimum Gasteiger partial charge on any atom is -0.497 e. The molecule has 5 rings (SSSR count). The van der Waals surface area contributed by atoms with E-state index in [-0.39, 0.29) is 6.04 Å². The minimum atomic E-state index is -0.205. The fourth-order valence-electron chi connectivity index (χ4n) is 4.34. The quantitative estimate of drug-likeness (QED) is 0.429. The van der Waals surface area contributed by atoms with Crippen LogP contribution in [0.2, 0.25) is 0 Å². The highest BCUT2D eigenvalue weighted by molar-refractivity contribution is 7.18. The Labute approximate surface area is 203 Å². The maximum atomic E-state index is 5.51. The molecule has 0 radical (unpaired) electrons. The number of nitrogens with one attached hydrogen (secondary N) is 1. The van der Waals surface area contributed by atoms with Crippen molar-refractivity contribution < 1.29 is 9.47 Å². The lowest BCUT2D eigenvalue weighted by Crippen LogP contribution is -2.36. The summed E-state index contributed by atoms with van der Waals surface area (Å²) in [6.07, 6.45) is 3.78. The van der Waals surface area contributed by atoms with Crippen molar-refractivity contribution in [1.82, 2.24) is 24.4 Å². The van der Waals surface area contributed by atoms with Crippen molar-refractivity contribution in [2.24, 2.45) is 7.05 Å². The number of aromatic nitrogens is 4. The first-order valence-corrected chi connectivity index (χ1v) is 12.3. The Morgan fingerprint density at radius 2 is 2.03 bits per heavy atom. The van der Waals surface area contributed by atoms with E-state index in [0.717, 1.165) is 65.3 Å². The Morgan fingerprint density at radius 3 is 2.76 bits per heavy atom. The standard InChI is InChI=1S/C25H30N6O2S/c1-16-17(2)34-25-21(16)23(27-20(28-25)15-31-10-12-33-13-11-31)29-22(24-26-8-9-30(24)3)18-6-5-7-19(14-18)32-4/h5-9,14,22H,10-13,15H2,1-4H3,(H,27,28,29). The van der Waals surface area contributed by atoms with E-state index in [1.54, 1.807) is 18.4 Å². The van der Waals surface area contributed by atoms with Gasteiger partial charge in [0.1, 0.15) is 34.1 Å². The highest BCUT2D eigenvalue weighted by atomic mass is 32.1. The van der Waals surface area contributed by atoms with Crippen molar-refractivity contribution in [2.75, 3.05) is 38.7 Å². The smallest absolute Gasteiger partial charge is 0.146 e. The minimum absolute atomic E-state index is 0.205. The zero-order valence-corrected chi connectivity index (χ0v) is 20.9. The number of hydrogen-bond donors (Lipinski definition) is 1. The highest BCUT2D eigenvalue weighted by Gasteiger charge is 2.24. The average molecular weight is 479 g/mol. The molecule has 1 atom stereocenters. The Kier molecular flexibility index (Phi) is 6.49. The predicted molar refractivity (Wildman–Crippen MR) is 135 cm³/mol. The molecule has 178 valence electrons. The van der Waals surface area contributed by atoms with Gasteiger partial charge in [-0.1, -0.05) is 12.1 Å². The summed E-state index contributed by atoms with van der Waals surface area (Å²) in [4.78, 5) is 19.3. The van der Waals surface area contributed by atoms with Crippen molar-refractivity contribution in [3.8, 4) is 5.75 Å². The van der Waals surface area contributed by atoms with Crippen molar-refractivity contribution in [1.29, 1.82) is 0 Å². The van der Waals surface area contributed by atoms with Crippen molar-refractivity contribution in [2.45, 2.75) is 26.4 Å². The van der Waals surface area contributed by atoms with Crippen LogP contribution in [0.5, 0.6) is 5.75 Å². The number of ether oxygens (including phenoxy) is 2. The molecule has 3 aromatic heterocycles. The van der Waals surface area contributed by atoms with E-state index in [9.17, 15) is 0 Å². The van der Waals surface area contributed by atoms with Crippen LogP contribution in [0.15, 0.2) is 36.7 Å². The number of imidazole rings is 1. The van der Waals surface area contributed by atoms with E-state index in [1.807, 2.05) is 42.2 Å². The maximum absolute atomic E-state index is 5.51. The summed E-state index contributed by atoms with van der Waals surface area (Å²) in [5.74, 6) is 3.37. The van der Waals surface area contributed by atoms with E-state index in [1.165, 1.54) is 10.4 Å². The summed E-state index contributed by atoms with van der Waals surface area (Å²) >= 11 is 1.72. The number of fused-ring (bicyclic) bond motifs is 1. The van der Waals surface area contributed by atoms with Gasteiger partial charge in [-0.3, -0.25) is 4.90 Å². The second-order valence-corrected chi connectivity index (χ2v) is 9.79. The van der Waals surface area contributed by atoms with Crippen LogP contribution in [0.3, 0.4) is 0 Å². The van der Waals surface area contributed by atoms with Gasteiger partial charge in [0.2, 0.25) is 0 Å². The van der Waals surface area contributed by atoms with Crippen LogP contribution in [0.1, 0.15) is 33.7 Å². The molecular weight excluding hydrogens is 448 g/mol. The third kappa shape index (κ3) is 4.51. The first-order valence-electron chi connectivity index (χ1n) is 11.5. The molecule has 4 aromatic rings. The zero-order valence-electron chi connectivity index (χ0n) is 20.0. The summed E-state index contributed by atoms with van der Waals surface area (Å²) < 4.78 is 13.1. The number of benzene rings is 1. The van der Waals surface area contributed by atoms with Crippen molar-refractivity contribution in [3.05, 3.63) is 64.3 Å². The molecule has 1 fully saturated rings. The highest BCUT2D eigenvalue weighted by Crippen LogP contribution is 2.36. The monoisotopic (exact) mass is 478 g/mol. The predicted octanol–water partition coefficient (Wildman–Crippen LogP) is 4.08. The van der Waals surface area contributed by atoms with Gasteiger partial charge in [-0.2, -0.15) is 0 Å². The van der Waals surface area contributed by atoms with E-state index in [0.29, 0.717) is 6.54 Å². The Hall–Kier alpha value is -3.01. The third-order valence-corrected chi connectivity index (χ3v) is 7.47. The van der Waals surface area contributed by atoms with Crippen LogP contribution in [-0.2, 0) is 18.3 Å². The molecular formula is C25H30N6O2S. The van der Waals surface area contributed by atoms with Crippen LogP contribution in [-0.4, -0.2) is 57.8 Å². The second kappa shape index (κ2) is 9.69.